The summed E-state index contributed by atoms with van der Waals surface area (Å²) in [6, 6.07) is 11.9. The van der Waals surface area contributed by atoms with Gasteiger partial charge >= 0.3 is 0 Å². The normalized spacial score (nSPS) is 11.6. The largest absolute Gasteiger partial charge is 0.351 e. The summed E-state index contributed by atoms with van der Waals surface area (Å²) >= 11 is 5.77. The second-order valence-corrected chi connectivity index (χ2v) is 7.20. The van der Waals surface area contributed by atoms with Gasteiger partial charge in [0.15, 0.2) is 0 Å². The van der Waals surface area contributed by atoms with E-state index in [1.165, 1.54) is 42.5 Å². The van der Waals surface area contributed by atoms with Crippen LogP contribution in [0.25, 0.3) is 6.08 Å². The summed E-state index contributed by atoms with van der Waals surface area (Å²) < 4.78 is 39.8. The molecule has 0 saturated heterocycles. The van der Waals surface area contributed by atoms with Gasteiger partial charge in [-0.25, -0.2) is 17.5 Å². The van der Waals surface area contributed by atoms with E-state index in [0.29, 0.717) is 10.6 Å². The van der Waals surface area contributed by atoms with Crippen LogP contribution in [0.1, 0.15) is 5.56 Å². The van der Waals surface area contributed by atoms with Gasteiger partial charge < -0.3 is 5.32 Å². The van der Waals surface area contributed by atoms with Crippen LogP contribution in [-0.2, 0) is 14.8 Å². The molecule has 25 heavy (non-hydrogen) atoms. The fraction of sp³-hybridized carbons (Fsp3) is 0.118. The number of carbonyl (C=O) groups is 1. The van der Waals surface area contributed by atoms with Gasteiger partial charge in [-0.15, -0.1) is 0 Å². The van der Waals surface area contributed by atoms with Crippen LogP contribution in [-0.4, -0.2) is 27.4 Å². The first-order valence-corrected chi connectivity index (χ1v) is 9.20. The Morgan fingerprint density at radius 3 is 2.60 bits per heavy atom. The van der Waals surface area contributed by atoms with Crippen molar-refractivity contribution in [3.8, 4) is 0 Å². The third kappa shape index (κ3) is 5.97. The molecule has 0 aliphatic carbocycles. The van der Waals surface area contributed by atoms with Gasteiger partial charge in [-0.1, -0.05) is 35.9 Å². The summed E-state index contributed by atoms with van der Waals surface area (Å²) in [5.74, 6) is -0.883. The molecule has 0 bridgehead atoms. The van der Waals surface area contributed by atoms with E-state index in [-0.39, 0.29) is 18.0 Å². The first-order valence-electron chi connectivity index (χ1n) is 7.34. The average molecular weight is 383 g/mol. The van der Waals surface area contributed by atoms with Crippen molar-refractivity contribution < 1.29 is 17.6 Å². The van der Waals surface area contributed by atoms with E-state index in [1.807, 2.05) is 0 Å². The van der Waals surface area contributed by atoms with Crippen LogP contribution < -0.4 is 10.0 Å². The molecule has 0 heterocycles. The maximum Gasteiger partial charge on any atom is 0.244 e. The third-order valence-corrected chi connectivity index (χ3v) is 4.84. The Bertz CT molecular complexity index is 885. The van der Waals surface area contributed by atoms with Crippen LogP contribution in [0.5, 0.6) is 0 Å². The third-order valence-electron chi connectivity index (χ3n) is 3.14. The summed E-state index contributed by atoms with van der Waals surface area (Å²) in [6.07, 6.45) is 2.53. The predicted octanol–water partition coefficient (Wildman–Crippen LogP) is 2.59. The zero-order valence-corrected chi connectivity index (χ0v) is 14.6. The highest BCUT2D eigenvalue weighted by Crippen LogP contribution is 2.14. The van der Waals surface area contributed by atoms with Crippen molar-refractivity contribution in [2.24, 2.45) is 0 Å². The highest BCUT2D eigenvalue weighted by atomic mass is 35.5. The molecular weight excluding hydrogens is 367 g/mol. The Morgan fingerprint density at radius 2 is 1.88 bits per heavy atom. The highest BCUT2D eigenvalue weighted by molar-refractivity contribution is 7.89. The summed E-state index contributed by atoms with van der Waals surface area (Å²) in [6.45, 7) is 0.0916. The fourth-order valence-electron chi connectivity index (χ4n) is 1.92. The summed E-state index contributed by atoms with van der Waals surface area (Å²) in [5.41, 5.74) is 0.291. The molecule has 2 aromatic carbocycles. The van der Waals surface area contributed by atoms with Crippen molar-refractivity contribution in [1.82, 2.24) is 10.0 Å². The molecular formula is C17H16ClFN2O3S. The molecule has 1 amide bonds. The van der Waals surface area contributed by atoms with Crippen molar-refractivity contribution in [1.29, 1.82) is 0 Å². The zero-order chi connectivity index (χ0) is 18.3. The zero-order valence-electron chi connectivity index (χ0n) is 13.1. The van der Waals surface area contributed by atoms with Crippen molar-refractivity contribution in [3.63, 3.8) is 0 Å². The molecule has 0 radical (unpaired) electrons. The second-order valence-electron chi connectivity index (χ2n) is 5.00. The summed E-state index contributed by atoms with van der Waals surface area (Å²) in [4.78, 5) is 11.7. The summed E-state index contributed by atoms with van der Waals surface area (Å²) in [7, 11) is -3.69. The number of amides is 1. The number of hydrogen-bond donors (Lipinski definition) is 2. The van der Waals surface area contributed by atoms with Crippen molar-refractivity contribution in [2.45, 2.75) is 4.90 Å². The minimum atomic E-state index is -3.69. The number of sulfonamides is 1. The van der Waals surface area contributed by atoms with E-state index in [4.69, 9.17) is 11.6 Å². The maximum absolute atomic E-state index is 13.4. The molecule has 0 spiro atoms. The Kier molecular flexibility index (Phi) is 6.69. The minimum absolute atomic E-state index is 0.00806. The van der Waals surface area contributed by atoms with Crippen molar-refractivity contribution in [3.05, 3.63) is 71.0 Å². The molecule has 5 nitrogen and oxygen atoms in total. The highest BCUT2D eigenvalue weighted by Gasteiger charge is 2.13. The fourth-order valence-corrected chi connectivity index (χ4v) is 3.26. The Balaban J connectivity index is 1.81. The first-order chi connectivity index (χ1) is 11.9. The van der Waals surface area contributed by atoms with E-state index >= 15 is 0 Å². The number of carbonyl (C=O) groups excluding carboxylic acids is 1. The smallest absolute Gasteiger partial charge is 0.244 e. The van der Waals surface area contributed by atoms with Gasteiger partial charge in [0.25, 0.3) is 0 Å². The molecule has 0 fully saturated rings. The van der Waals surface area contributed by atoms with Gasteiger partial charge in [0.2, 0.25) is 15.9 Å². The number of hydrogen-bond acceptors (Lipinski definition) is 3. The van der Waals surface area contributed by atoms with Crippen molar-refractivity contribution in [2.75, 3.05) is 13.1 Å². The Hall–Kier alpha value is -2.22. The van der Waals surface area contributed by atoms with Gasteiger partial charge in [-0.2, -0.15) is 0 Å². The molecule has 0 saturated carbocycles. The summed E-state index contributed by atoms with van der Waals surface area (Å²) in [5, 5.41) is 2.82. The standard InChI is InChI=1S/C17H16ClFN2O3S/c18-14-5-3-6-15(12-14)25(23,24)21-11-10-20-17(22)9-8-13-4-1-2-7-16(13)19/h1-9,12,21H,10-11H2,(H,20,22)/b9-8+. The van der Waals surface area contributed by atoms with Gasteiger partial charge in [-0.3, -0.25) is 4.79 Å². The molecule has 0 aliphatic rings. The Morgan fingerprint density at radius 1 is 1.12 bits per heavy atom. The molecule has 0 aromatic heterocycles. The number of rotatable bonds is 7. The monoisotopic (exact) mass is 382 g/mol. The molecule has 2 aromatic rings. The van der Waals surface area contributed by atoms with E-state index in [2.05, 4.69) is 10.0 Å². The minimum Gasteiger partial charge on any atom is -0.351 e. The quantitative estimate of drug-likeness (QED) is 0.571. The van der Waals surface area contributed by atoms with Crippen LogP contribution in [0.3, 0.4) is 0 Å². The lowest BCUT2D eigenvalue weighted by atomic mass is 10.2. The molecule has 0 unspecified atom stereocenters. The molecule has 132 valence electrons. The van der Waals surface area contributed by atoms with Gasteiger partial charge in [0.05, 0.1) is 4.90 Å². The van der Waals surface area contributed by atoms with Gasteiger partial charge in [0.1, 0.15) is 5.82 Å². The lowest BCUT2D eigenvalue weighted by Crippen LogP contribution is -2.34. The molecule has 8 heteroatoms. The van der Waals surface area contributed by atoms with E-state index in [1.54, 1.807) is 18.2 Å². The molecule has 2 N–H and O–H groups in total. The van der Waals surface area contributed by atoms with Gasteiger partial charge in [-0.05, 0) is 30.3 Å². The SMILES string of the molecule is O=C(/C=C/c1ccccc1F)NCCNS(=O)(=O)c1cccc(Cl)c1. The van der Waals surface area contributed by atoms with Crippen LogP contribution >= 0.6 is 11.6 Å². The van der Waals surface area contributed by atoms with E-state index < -0.39 is 21.7 Å². The van der Waals surface area contributed by atoms with Crippen LogP contribution in [0, 0.1) is 5.82 Å². The molecule has 2 rings (SSSR count). The van der Waals surface area contributed by atoms with E-state index in [9.17, 15) is 17.6 Å². The van der Waals surface area contributed by atoms with Gasteiger partial charge in [0, 0.05) is 29.8 Å². The topological polar surface area (TPSA) is 75.3 Å². The van der Waals surface area contributed by atoms with Crippen molar-refractivity contribution >= 4 is 33.6 Å². The number of benzene rings is 2. The maximum atomic E-state index is 13.4. The predicted molar refractivity (Wildman–Crippen MR) is 95.1 cm³/mol. The van der Waals surface area contributed by atoms with Crippen LogP contribution in [0.2, 0.25) is 5.02 Å². The molecule has 0 atom stereocenters. The number of halogens is 2. The van der Waals surface area contributed by atoms with Crippen LogP contribution in [0.15, 0.2) is 59.5 Å². The second kappa shape index (κ2) is 8.75. The van der Waals surface area contributed by atoms with E-state index in [0.717, 1.165) is 0 Å². The lowest BCUT2D eigenvalue weighted by Gasteiger charge is -2.07. The molecule has 0 aliphatic heterocycles. The van der Waals surface area contributed by atoms with Crippen LogP contribution in [0.4, 0.5) is 4.39 Å². The Labute approximate surface area is 150 Å². The lowest BCUT2D eigenvalue weighted by molar-refractivity contribution is -0.116. The number of nitrogens with one attached hydrogen (secondary N) is 2. The first kappa shape index (κ1) is 19.1. The average Bonchev–Trinajstić information content (AvgIpc) is 2.58.